The van der Waals surface area contributed by atoms with Gasteiger partial charge < -0.3 is 19.9 Å². The van der Waals surface area contributed by atoms with Crippen LogP contribution in [0.15, 0.2) is 18.3 Å². The van der Waals surface area contributed by atoms with Crippen LogP contribution in [0.5, 0.6) is 0 Å². The van der Waals surface area contributed by atoms with Gasteiger partial charge >= 0.3 is 5.97 Å². The van der Waals surface area contributed by atoms with Crippen LogP contribution in [0.1, 0.15) is 30.4 Å². The molecule has 0 aliphatic carbocycles. The number of amides is 1. The molecule has 0 bridgehead atoms. The number of hydrogen-bond acceptors (Lipinski definition) is 3. The Hall–Kier alpha value is -1.82. The maximum Gasteiger partial charge on any atom is 0.327 e. The first-order valence-electron chi connectivity index (χ1n) is 6.43. The molecular formula is C13H19N3O3. The molecule has 6 heteroatoms. The molecule has 0 radical (unpaired) electrons. The van der Waals surface area contributed by atoms with Gasteiger partial charge in [-0.05, 0) is 26.0 Å². The number of aliphatic carboxylic acids is 1. The van der Waals surface area contributed by atoms with Crippen molar-refractivity contribution in [2.75, 3.05) is 19.6 Å². The predicted octanol–water partition coefficient (Wildman–Crippen LogP) is 0.568. The summed E-state index contributed by atoms with van der Waals surface area (Å²) in [6.45, 7) is 5.31. The van der Waals surface area contributed by atoms with Gasteiger partial charge in [-0.3, -0.25) is 4.79 Å². The number of carbonyl (C=O) groups is 2. The van der Waals surface area contributed by atoms with E-state index in [2.05, 4.69) is 5.32 Å². The molecular weight excluding hydrogens is 246 g/mol. The van der Waals surface area contributed by atoms with Crippen LogP contribution in [-0.4, -0.2) is 52.1 Å². The number of aromatic nitrogens is 1. The summed E-state index contributed by atoms with van der Waals surface area (Å²) in [5.74, 6) is -1.18. The van der Waals surface area contributed by atoms with Crippen molar-refractivity contribution in [2.24, 2.45) is 0 Å². The molecule has 1 fully saturated rings. The van der Waals surface area contributed by atoms with Crippen LogP contribution in [0.4, 0.5) is 0 Å². The van der Waals surface area contributed by atoms with Gasteiger partial charge in [0.05, 0.1) is 0 Å². The molecule has 6 nitrogen and oxygen atoms in total. The first-order valence-corrected chi connectivity index (χ1v) is 6.43. The van der Waals surface area contributed by atoms with Crippen LogP contribution in [0.3, 0.4) is 0 Å². The molecule has 0 aromatic carbocycles. The number of piperazine rings is 1. The smallest absolute Gasteiger partial charge is 0.327 e. The van der Waals surface area contributed by atoms with E-state index in [1.165, 1.54) is 4.90 Å². The van der Waals surface area contributed by atoms with Crippen molar-refractivity contribution >= 4 is 11.9 Å². The highest BCUT2D eigenvalue weighted by molar-refractivity contribution is 5.95. The normalized spacial score (nSPS) is 19.7. The van der Waals surface area contributed by atoms with E-state index in [1.54, 1.807) is 6.07 Å². The van der Waals surface area contributed by atoms with E-state index in [0.29, 0.717) is 25.3 Å². The summed E-state index contributed by atoms with van der Waals surface area (Å²) in [5, 5.41) is 12.2. The lowest BCUT2D eigenvalue weighted by Crippen LogP contribution is -2.57. The summed E-state index contributed by atoms with van der Waals surface area (Å²) in [7, 11) is 0. The van der Waals surface area contributed by atoms with Crippen molar-refractivity contribution in [3.05, 3.63) is 24.0 Å². The molecule has 1 saturated heterocycles. The lowest BCUT2D eigenvalue weighted by atomic mass is 10.1. The van der Waals surface area contributed by atoms with E-state index in [4.69, 9.17) is 0 Å². The molecule has 1 aromatic rings. The summed E-state index contributed by atoms with van der Waals surface area (Å²) < 4.78 is 1.86. The van der Waals surface area contributed by atoms with E-state index in [0.717, 1.165) is 0 Å². The van der Waals surface area contributed by atoms with E-state index in [-0.39, 0.29) is 11.9 Å². The van der Waals surface area contributed by atoms with Gasteiger partial charge in [-0.25, -0.2) is 4.79 Å². The third-order valence-corrected chi connectivity index (χ3v) is 3.34. The van der Waals surface area contributed by atoms with Gasteiger partial charge in [-0.1, -0.05) is 0 Å². The zero-order valence-electron chi connectivity index (χ0n) is 11.2. The number of carboxylic acids is 1. The van der Waals surface area contributed by atoms with Crippen molar-refractivity contribution in [2.45, 2.75) is 25.9 Å². The van der Waals surface area contributed by atoms with Crippen molar-refractivity contribution in [3.8, 4) is 0 Å². The van der Waals surface area contributed by atoms with Gasteiger partial charge in [-0.15, -0.1) is 0 Å². The minimum Gasteiger partial charge on any atom is -0.480 e. The quantitative estimate of drug-likeness (QED) is 0.838. The monoisotopic (exact) mass is 265 g/mol. The van der Waals surface area contributed by atoms with Crippen LogP contribution >= 0.6 is 0 Å². The van der Waals surface area contributed by atoms with Gasteiger partial charge in [-0.2, -0.15) is 0 Å². The number of hydrogen-bond donors (Lipinski definition) is 2. The number of nitrogens with zero attached hydrogens (tertiary/aromatic N) is 2. The average Bonchev–Trinajstić information content (AvgIpc) is 2.87. The molecule has 1 atom stereocenters. The second kappa shape index (κ2) is 5.44. The summed E-state index contributed by atoms with van der Waals surface area (Å²) >= 11 is 0. The van der Waals surface area contributed by atoms with Gasteiger partial charge in [0, 0.05) is 31.9 Å². The van der Waals surface area contributed by atoms with Gasteiger partial charge in [0.1, 0.15) is 11.7 Å². The fourth-order valence-corrected chi connectivity index (χ4v) is 2.34. The SMILES string of the molecule is CC(C)n1cccc1C(=O)N1CCNCC1C(=O)O. The molecule has 2 rings (SSSR count). The predicted molar refractivity (Wildman–Crippen MR) is 70.1 cm³/mol. The minimum absolute atomic E-state index is 0.167. The highest BCUT2D eigenvalue weighted by atomic mass is 16.4. The molecule has 1 aliphatic rings. The third-order valence-electron chi connectivity index (χ3n) is 3.34. The van der Waals surface area contributed by atoms with Crippen molar-refractivity contribution in [3.63, 3.8) is 0 Å². The van der Waals surface area contributed by atoms with E-state index in [9.17, 15) is 14.7 Å². The second-order valence-electron chi connectivity index (χ2n) is 4.95. The Balaban J connectivity index is 2.26. The summed E-state index contributed by atoms with van der Waals surface area (Å²) in [5.41, 5.74) is 0.545. The first-order chi connectivity index (χ1) is 9.02. The minimum atomic E-state index is -0.969. The zero-order valence-corrected chi connectivity index (χ0v) is 11.2. The molecule has 2 heterocycles. The lowest BCUT2D eigenvalue weighted by Gasteiger charge is -2.33. The molecule has 2 N–H and O–H groups in total. The highest BCUT2D eigenvalue weighted by Crippen LogP contribution is 2.15. The van der Waals surface area contributed by atoms with E-state index >= 15 is 0 Å². The number of carboxylic acid groups (broad SMARTS) is 1. The second-order valence-corrected chi connectivity index (χ2v) is 4.95. The molecule has 1 unspecified atom stereocenters. The number of nitrogens with one attached hydrogen (secondary N) is 1. The largest absolute Gasteiger partial charge is 0.480 e. The maximum atomic E-state index is 12.5. The third kappa shape index (κ3) is 2.63. The van der Waals surface area contributed by atoms with Crippen molar-refractivity contribution in [1.82, 2.24) is 14.8 Å². The highest BCUT2D eigenvalue weighted by Gasteiger charge is 2.33. The van der Waals surface area contributed by atoms with Crippen LogP contribution in [-0.2, 0) is 4.79 Å². The maximum absolute atomic E-state index is 12.5. The average molecular weight is 265 g/mol. The van der Waals surface area contributed by atoms with Gasteiger partial charge in [0.2, 0.25) is 0 Å². The number of rotatable bonds is 3. The van der Waals surface area contributed by atoms with Gasteiger partial charge in [0.15, 0.2) is 0 Å². The van der Waals surface area contributed by atoms with Gasteiger partial charge in [0.25, 0.3) is 5.91 Å². The first kappa shape index (κ1) is 13.6. The summed E-state index contributed by atoms with van der Waals surface area (Å²) in [4.78, 5) is 25.2. The zero-order chi connectivity index (χ0) is 14.0. The van der Waals surface area contributed by atoms with Crippen LogP contribution < -0.4 is 5.32 Å². The van der Waals surface area contributed by atoms with Crippen LogP contribution in [0.25, 0.3) is 0 Å². The summed E-state index contributed by atoms with van der Waals surface area (Å²) in [6.07, 6.45) is 1.84. The van der Waals surface area contributed by atoms with Crippen LogP contribution in [0, 0.1) is 0 Å². The fraction of sp³-hybridized carbons (Fsp3) is 0.538. The lowest BCUT2D eigenvalue weighted by molar-refractivity contribution is -0.142. The molecule has 1 aromatic heterocycles. The fourth-order valence-electron chi connectivity index (χ4n) is 2.34. The molecule has 0 saturated carbocycles. The Morgan fingerprint density at radius 2 is 2.21 bits per heavy atom. The van der Waals surface area contributed by atoms with Crippen molar-refractivity contribution in [1.29, 1.82) is 0 Å². The summed E-state index contributed by atoms with van der Waals surface area (Å²) in [6, 6.07) is 2.92. The molecule has 104 valence electrons. The molecule has 19 heavy (non-hydrogen) atoms. The number of carbonyl (C=O) groups excluding carboxylic acids is 1. The molecule has 1 amide bonds. The Bertz CT molecular complexity index is 481. The van der Waals surface area contributed by atoms with Crippen LogP contribution in [0.2, 0.25) is 0 Å². The Labute approximate surface area is 112 Å². The Kier molecular flexibility index (Phi) is 3.90. The van der Waals surface area contributed by atoms with Crippen molar-refractivity contribution < 1.29 is 14.7 Å². The standard InChI is InChI=1S/C13H19N3O3/c1-9(2)15-6-3-4-10(15)12(17)16-7-5-14-8-11(16)13(18)19/h3-4,6,9,11,14H,5,7-8H2,1-2H3,(H,18,19). The van der Waals surface area contributed by atoms with E-state index in [1.807, 2.05) is 30.7 Å². The topological polar surface area (TPSA) is 74.6 Å². The van der Waals surface area contributed by atoms with E-state index < -0.39 is 12.0 Å². The molecule has 0 spiro atoms. The Morgan fingerprint density at radius 3 is 2.84 bits per heavy atom. The Morgan fingerprint density at radius 1 is 1.47 bits per heavy atom. The molecule has 1 aliphatic heterocycles.